The third kappa shape index (κ3) is 2.40. The number of hydrogen-bond donors (Lipinski definition) is 0. The van der Waals surface area contributed by atoms with Gasteiger partial charge >= 0.3 is 0 Å². The fourth-order valence-electron chi connectivity index (χ4n) is 1.43. The first kappa shape index (κ1) is 10.4. The van der Waals surface area contributed by atoms with Crippen LogP contribution in [0.2, 0.25) is 0 Å². The summed E-state index contributed by atoms with van der Waals surface area (Å²) in [6.45, 7) is 4.38. The summed E-state index contributed by atoms with van der Waals surface area (Å²) in [5.41, 5.74) is 2.45. The van der Waals surface area contributed by atoms with Crippen molar-refractivity contribution in [3.8, 4) is 12.3 Å². The number of benzene rings is 1. The van der Waals surface area contributed by atoms with Gasteiger partial charge in [-0.2, -0.15) is 0 Å². The minimum absolute atomic E-state index is 0.633. The Bertz CT molecular complexity index is 346. The van der Waals surface area contributed by atoms with Crippen LogP contribution in [-0.2, 0) is 6.42 Å². The zero-order valence-electron chi connectivity index (χ0n) is 8.53. The van der Waals surface area contributed by atoms with E-state index in [1.165, 1.54) is 11.3 Å². The van der Waals surface area contributed by atoms with Crippen molar-refractivity contribution < 1.29 is 0 Å². The third-order valence-corrected chi connectivity index (χ3v) is 2.10. The summed E-state index contributed by atoms with van der Waals surface area (Å²) in [5.74, 6) is 2.64. The number of hydrogen-bond acceptors (Lipinski definition) is 1. The van der Waals surface area contributed by atoms with Gasteiger partial charge in [-0.25, -0.2) is 0 Å². The average molecular weight is 185 g/mol. The molecule has 0 aromatic heterocycles. The zero-order chi connectivity index (χ0) is 10.4. The summed E-state index contributed by atoms with van der Waals surface area (Å²) < 4.78 is 0. The third-order valence-electron chi connectivity index (χ3n) is 2.10. The van der Waals surface area contributed by atoms with E-state index >= 15 is 0 Å². The molecule has 0 aliphatic heterocycles. The Morgan fingerprint density at radius 1 is 1.50 bits per heavy atom. The van der Waals surface area contributed by atoms with Gasteiger partial charge in [-0.15, -0.1) is 13.0 Å². The monoisotopic (exact) mass is 185 g/mol. The van der Waals surface area contributed by atoms with Crippen LogP contribution in [0.25, 0.3) is 0 Å². The van der Waals surface area contributed by atoms with E-state index in [9.17, 15) is 0 Å². The largest absolute Gasteiger partial charge is 0.363 e. The van der Waals surface area contributed by atoms with Gasteiger partial charge in [0.25, 0.3) is 0 Å². The van der Waals surface area contributed by atoms with Gasteiger partial charge in [-0.1, -0.05) is 30.2 Å². The van der Waals surface area contributed by atoms with E-state index in [0.717, 1.165) is 6.42 Å². The van der Waals surface area contributed by atoms with Crippen LogP contribution in [-0.4, -0.2) is 13.6 Å². The van der Waals surface area contributed by atoms with Gasteiger partial charge in [0.05, 0.1) is 6.54 Å². The van der Waals surface area contributed by atoms with Crippen molar-refractivity contribution in [2.75, 3.05) is 18.5 Å². The highest BCUT2D eigenvalue weighted by Gasteiger charge is 2.03. The number of allylic oxidation sites excluding steroid dienone is 1. The van der Waals surface area contributed by atoms with Crippen molar-refractivity contribution in [3.05, 3.63) is 42.5 Å². The molecule has 1 nitrogen and oxygen atoms in total. The normalized spacial score (nSPS) is 9.14. The number of terminal acetylenes is 1. The van der Waals surface area contributed by atoms with Crippen LogP contribution in [0.4, 0.5) is 5.69 Å². The lowest BCUT2D eigenvalue weighted by Crippen LogP contribution is -2.18. The van der Waals surface area contributed by atoms with E-state index in [1.807, 2.05) is 25.3 Å². The van der Waals surface area contributed by atoms with Crippen LogP contribution >= 0.6 is 0 Å². The predicted octanol–water partition coefficient (Wildman–Crippen LogP) is 2.48. The average Bonchev–Trinajstić information content (AvgIpc) is 2.19. The molecule has 14 heavy (non-hydrogen) atoms. The van der Waals surface area contributed by atoms with E-state index in [4.69, 9.17) is 6.42 Å². The maximum Gasteiger partial charge on any atom is 0.0788 e. The summed E-state index contributed by atoms with van der Waals surface area (Å²) in [4.78, 5) is 2.07. The van der Waals surface area contributed by atoms with E-state index < -0.39 is 0 Å². The van der Waals surface area contributed by atoms with Crippen molar-refractivity contribution in [1.29, 1.82) is 0 Å². The van der Waals surface area contributed by atoms with Gasteiger partial charge in [0.1, 0.15) is 0 Å². The molecule has 1 rings (SSSR count). The lowest BCUT2D eigenvalue weighted by Gasteiger charge is -2.19. The highest BCUT2D eigenvalue weighted by atomic mass is 15.1. The first-order valence-electron chi connectivity index (χ1n) is 4.63. The second-order valence-corrected chi connectivity index (χ2v) is 3.18. The summed E-state index contributed by atoms with van der Waals surface area (Å²) in [5, 5.41) is 0. The van der Waals surface area contributed by atoms with Crippen molar-refractivity contribution in [1.82, 2.24) is 0 Å². The number of rotatable bonds is 4. The van der Waals surface area contributed by atoms with Crippen molar-refractivity contribution in [3.63, 3.8) is 0 Å². The predicted molar refractivity (Wildman–Crippen MR) is 62.4 cm³/mol. The lowest BCUT2D eigenvalue weighted by atomic mass is 10.1. The molecular weight excluding hydrogens is 170 g/mol. The Hall–Kier alpha value is -1.68. The first-order valence-corrected chi connectivity index (χ1v) is 4.63. The number of para-hydroxylation sites is 1. The van der Waals surface area contributed by atoms with Crippen LogP contribution < -0.4 is 4.90 Å². The Balaban J connectivity index is 2.94. The molecule has 1 heteroatoms. The molecule has 0 bridgehead atoms. The van der Waals surface area contributed by atoms with Crippen molar-refractivity contribution >= 4 is 5.69 Å². The molecule has 0 N–H and O–H groups in total. The van der Waals surface area contributed by atoms with E-state index in [0.29, 0.717) is 6.54 Å². The van der Waals surface area contributed by atoms with Gasteiger partial charge in [-0.05, 0) is 18.1 Å². The molecule has 0 radical (unpaired) electrons. The van der Waals surface area contributed by atoms with Gasteiger partial charge < -0.3 is 4.90 Å². The Morgan fingerprint density at radius 3 is 2.86 bits per heavy atom. The molecule has 0 aliphatic carbocycles. The van der Waals surface area contributed by atoms with Gasteiger partial charge in [0.15, 0.2) is 0 Å². The topological polar surface area (TPSA) is 3.24 Å². The molecule has 1 aromatic carbocycles. The fourth-order valence-corrected chi connectivity index (χ4v) is 1.43. The SMILES string of the molecule is C#CCN(C)c1ccccc1CC=C. The summed E-state index contributed by atoms with van der Waals surface area (Å²) in [7, 11) is 2.00. The molecule has 0 spiro atoms. The van der Waals surface area contributed by atoms with Crippen LogP contribution in [0.1, 0.15) is 5.56 Å². The Morgan fingerprint density at radius 2 is 2.21 bits per heavy atom. The smallest absolute Gasteiger partial charge is 0.0788 e. The molecule has 0 aliphatic rings. The molecule has 0 unspecified atom stereocenters. The molecule has 1 aromatic rings. The lowest BCUT2D eigenvalue weighted by molar-refractivity contribution is 1.03. The standard InChI is InChI=1S/C13H15N/c1-4-8-12-9-6-7-10-13(12)14(3)11-5-2/h2,4,6-7,9-10H,1,8,11H2,3H3. The highest BCUT2D eigenvalue weighted by Crippen LogP contribution is 2.19. The highest BCUT2D eigenvalue weighted by molar-refractivity contribution is 5.54. The second kappa shape index (κ2) is 5.14. The molecule has 0 heterocycles. The number of anilines is 1. The van der Waals surface area contributed by atoms with Gasteiger partial charge in [-0.3, -0.25) is 0 Å². The van der Waals surface area contributed by atoms with E-state index in [2.05, 4.69) is 29.5 Å². The summed E-state index contributed by atoms with van der Waals surface area (Å²) in [6, 6.07) is 8.24. The molecule has 72 valence electrons. The van der Waals surface area contributed by atoms with Crippen molar-refractivity contribution in [2.45, 2.75) is 6.42 Å². The molecule has 0 atom stereocenters. The van der Waals surface area contributed by atoms with Gasteiger partial charge in [0, 0.05) is 12.7 Å². The van der Waals surface area contributed by atoms with E-state index in [-0.39, 0.29) is 0 Å². The minimum atomic E-state index is 0.633. The van der Waals surface area contributed by atoms with Crippen LogP contribution in [0, 0.1) is 12.3 Å². The van der Waals surface area contributed by atoms with Crippen LogP contribution in [0.3, 0.4) is 0 Å². The van der Waals surface area contributed by atoms with Crippen LogP contribution in [0.15, 0.2) is 36.9 Å². The summed E-state index contributed by atoms with van der Waals surface area (Å²) in [6.07, 6.45) is 8.06. The van der Waals surface area contributed by atoms with Crippen LogP contribution in [0.5, 0.6) is 0 Å². The molecule has 0 amide bonds. The maximum absolute atomic E-state index is 5.28. The zero-order valence-corrected chi connectivity index (χ0v) is 8.53. The first-order chi connectivity index (χ1) is 6.79. The Labute approximate surface area is 86.1 Å². The summed E-state index contributed by atoms with van der Waals surface area (Å²) >= 11 is 0. The second-order valence-electron chi connectivity index (χ2n) is 3.18. The fraction of sp³-hybridized carbons (Fsp3) is 0.231. The molecule has 0 fully saturated rings. The molecule has 0 saturated heterocycles. The minimum Gasteiger partial charge on any atom is -0.363 e. The van der Waals surface area contributed by atoms with Crippen molar-refractivity contribution in [2.24, 2.45) is 0 Å². The maximum atomic E-state index is 5.28. The Kier molecular flexibility index (Phi) is 3.82. The van der Waals surface area contributed by atoms with Gasteiger partial charge in [0.2, 0.25) is 0 Å². The van der Waals surface area contributed by atoms with E-state index in [1.54, 1.807) is 0 Å². The quantitative estimate of drug-likeness (QED) is 0.514. The number of nitrogens with zero attached hydrogens (tertiary/aromatic N) is 1. The molecular formula is C13H15N. The molecule has 0 saturated carbocycles.